The van der Waals surface area contributed by atoms with Crippen LogP contribution in [0.3, 0.4) is 0 Å². The van der Waals surface area contributed by atoms with E-state index >= 15 is 0 Å². The average molecular weight is 454 g/mol. The van der Waals surface area contributed by atoms with Gasteiger partial charge >= 0.3 is 0 Å². The smallest absolute Gasteiger partial charge is 0.266 e. The van der Waals surface area contributed by atoms with Crippen LogP contribution in [0.15, 0.2) is 49.6 Å². The number of nitrogens with zero attached hydrogens (tertiary/aromatic N) is 2. The van der Waals surface area contributed by atoms with Crippen LogP contribution in [-0.4, -0.2) is 34.8 Å². The lowest BCUT2D eigenvalue weighted by Gasteiger charge is -2.19. The van der Waals surface area contributed by atoms with Gasteiger partial charge < -0.3 is 10.2 Å². The van der Waals surface area contributed by atoms with Gasteiger partial charge in [0.25, 0.3) is 11.8 Å². The zero-order chi connectivity index (χ0) is 22.7. The normalized spacial score (nSPS) is 10.7. The van der Waals surface area contributed by atoms with Crippen molar-refractivity contribution in [3.05, 3.63) is 81.9 Å². The Labute approximate surface area is 191 Å². The third kappa shape index (κ3) is 4.55. The minimum absolute atomic E-state index is 0.227. The standard InChI is InChI=1S/C24H24ClN3O2S/c1-6-12-28(13-7-2)24(30)21-20(27-22(29)17-10-8-14(3)9-11-17)18-15(4)19(25)16(5)26-23(18)31-21/h6-11H,1-2,12-13H2,3-5H3,(H,27,29). The molecule has 2 heterocycles. The minimum Gasteiger partial charge on any atom is -0.330 e. The van der Waals surface area contributed by atoms with Crippen LogP contribution in [0.25, 0.3) is 10.2 Å². The molecular weight excluding hydrogens is 430 g/mol. The van der Waals surface area contributed by atoms with E-state index in [-0.39, 0.29) is 11.8 Å². The summed E-state index contributed by atoms with van der Waals surface area (Å²) in [5.41, 5.74) is 3.44. The molecule has 3 aromatic rings. The van der Waals surface area contributed by atoms with Crippen LogP contribution in [0, 0.1) is 20.8 Å². The molecule has 0 aliphatic carbocycles. The van der Waals surface area contributed by atoms with Gasteiger partial charge in [-0.15, -0.1) is 24.5 Å². The van der Waals surface area contributed by atoms with Gasteiger partial charge in [-0.05, 0) is 38.5 Å². The molecule has 0 fully saturated rings. The Morgan fingerprint density at radius 2 is 1.74 bits per heavy atom. The SMILES string of the molecule is C=CCN(CC=C)C(=O)c1sc2nc(C)c(Cl)c(C)c2c1NC(=O)c1ccc(C)cc1. The van der Waals surface area contributed by atoms with Gasteiger partial charge in [-0.3, -0.25) is 9.59 Å². The molecule has 0 aliphatic heterocycles. The number of halogens is 1. The molecule has 160 valence electrons. The van der Waals surface area contributed by atoms with E-state index in [4.69, 9.17) is 11.6 Å². The zero-order valence-corrected chi connectivity index (χ0v) is 19.4. The topological polar surface area (TPSA) is 62.3 Å². The monoisotopic (exact) mass is 453 g/mol. The largest absolute Gasteiger partial charge is 0.330 e. The van der Waals surface area contributed by atoms with E-state index in [0.717, 1.165) is 11.1 Å². The van der Waals surface area contributed by atoms with E-state index in [9.17, 15) is 9.59 Å². The predicted octanol–water partition coefficient (Wildman–Crippen LogP) is 5.94. The lowest BCUT2D eigenvalue weighted by molar-refractivity contribution is 0.0796. The first-order valence-electron chi connectivity index (χ1n) is 9.76. The van der Waals surface area contributed by atoms with E-state index < -0.39 is 0 Å². The first kappa shape index (κ1) is 22.7. The lowest BCUT2D eigenvalue weighted by atomic mass is 10.1. The molecule has 0 unspecified atom stereocenters. The first-order chi connectivity index (χ1) is 14.8. The van der Waals surface area contributed by atoms with Crippen molar-refractivity contribution in [1.82, 2.24) is 9.88 Å². The van der Waals surface area contributed by atoms with Crippen molar-refractivity contribution in [1.29, 1.82) is 0 Å². The number of amides is 2. The summed E-state index contributed by atoms with van der Waals surface area (Å²) in [6.07, 6.45) is 3.31. The maximum Gasteiger partial charge on any atom is 0.266 e. The molecule has 0 radical (unpaired) electrons. The number of aryl methyl sites for hydroxylation is 3. The summed E-state index contributed by atoms with van der Waals surface area (Å²) < 4.78 is 0. The van der Waals surface area contributed by atoms with Gasteiger partial charge in [0, 0.05) is 24.0 Å². The third-order valence-corrected chi connectivity index (χ3v) is 6.54. The number of nitrogens with one attached hydrogen (secondary N) is 1. The number of rotatable bonds is 7. The number of carbonyl (C=O) groups is 2. The van der Waals surface area contributed by atoms with E-state index in [1.165, 1.54) is 11.3 Å². The maximum atomic E-state index is 13.4. The van der Waals surface area contributed by atoms with E-state index in [1.54, 1.807) is 29.2 Å². The number of pyridine rings is 1. The Kier molecular flexibility index (Phi) is 6.93. The first-order valence-corrected chi connectivity index (χ1v) is 11.0. The van der Waals surface area contributed by atoms with Gasteiger partial charge in [0.15, 0.2) is 0 Å². The number of benzene rings is 1. The second-order valence-electron chi connectivity index (χ2n) is 7.23. The van der Waals surface area contributed by atoms with Crippen molar-refractivity contribution in [3.8, 4) is 0 Å². The van der Waals surface area contributed by atoms with Crippen molar-refractivity contribution in [2.24, 2.45) is 0 Å². The van der Waals surface area contributed by atoms with E-state index in [2.05, 4.69) is 23.5 Å². The summed E-state index contributed by atoms with van der Waals surface area (Å²) in [4.78, 5) is 33.6. The molecule has 0 spiro atoms. The van der Waals surface area contributed by atoms with Gasteiger partial charge in [0.05, 0.1) is 16.4 Å². The Morgan fingerprint density at radius 1 is 1.13 bits per heavy atom. The number of hydrogen-bond donors (Lipinski definition) is 1. The summed E-state index contributed by atoms with van der Waals surface area (Å²) in [6.45, 7) is 13.8. The Balaban J connectivity index is 2.17. The molecule has 0 saturated carbocycles. The van der Waals surface area contributed by atoms with Crippen molar-refractivity contribution in [2.75, 3.05) is 18.4 Å². The average Bonchev–Trinajstić information content (AvgIpc) is 3.09. The van der Waals surface area contributed by atoms with Gasteiger partial charge in [0.1, 0.15) is 9.71 Å². The molecule has 1 aromatic carbocycles. The van der Waals surface area contributed by atoms with E-state index in [1.807, 2.05) is 32.9 Å². The summed E-state index contributed by atoms with van der Waals surface area (Å²) in [5, 5.41) is 4.15. The molecule has 0 atom stereocenters. The van der Waals surface area contributed by atoms with Gasteiger partial charge in [-0.2, -0.15) is 0 Å². The second kappa shape index (κ2) is 9.45. The summed E-state index contributed by atoms with van der Waals surface area (Å²) in [7, 11) is 0. The van der Waals surface area contributed by atoms with Crippen LogP contribution in [0.5, 0.6) is 0 Å². The fourth-order valence-electron chi connectivity index (χ4n) is 3.28. The minimum atomic E-state index is -0.302. The molecule has 1 N–H and O–H groups in total. The highest BCUT2D eigenvalue weighted by atomic mass is 35.5. The number of hydrogen-bond acceptors (Lipinski definition) is 4. The van der Waals surface area contributed by atoms with Crippen molar-refractivity contribution >= 4 is 50.7 Å². The van der Waals surface area contributed by atoms with Gasteiger partial charge in [-0.1, -0.05) is 41.4 Å². The number of aromatic nitrogens is 1. The highest BCUT2D eigenvalue weighted by Gasteiger charge is 2.26. The molecule has 2 amide bonds. The quantitative estimate of drug-likeness (QED) is 0.450. The molecule has 2 aromatic heterocycles. The fraction of sp³-hybridized carbons (Fsp3) is 0.208. The predicted molar refractivity (Wildman–Crippen MR) is 130 cm³/mol. The van der Waals surface area contributed by atoms with Crippen molar-refractivity contribution < 1.29 is 9.59 Å². The van der Waals surface area contributed by atoms with Crippen LogP contribution in [0.4, 0.5) is 5.69 Å². The van der Waals surface area contributed by atoms with Crippen LogP contribution < -0.4 is 5.32 Å². The third-order valence-electron chi connectivity index (χ3n) is 4.91. The molecule has 5 nitrogen and oxygen atoms in total. The zero-order valence-electron chi connectivity index (χ0n) is 17.8. The molecule has 31 heavy (non-hydrogen) atoms. The molecule has 7 heteroatoms. The number of carbonyl (C=O) groups excluding carboxylic acids is 2. The summed E-state index contributed by atoms with van der Waals surface area (Å²) in [5.74, 6) is -0.529. The Morgan fingerprint density at radius 3 is 2.32 bits per heavy atom. The molecule has 0 aliphatic rings. The maximum absolute atomic E-state index is 13.4. The fourth-order valence-corrected chi connectivity index (χ4v) is 4.63. The van der Waals surface area contributed by atoms with Crippen LogP contribution in [-0.2, 0) is 0 Å². The lowest BCUT2D eigenvalue weighted by Crippen LogP contribution is -2.31. The summed E-state index contributed by atoms with van der Waals surface area (Å²) in [6, 6.07) is 7.25. The van der Waals surface area contributed by atoms with Crippen LogP contribution >= 0.6 is 22.9 Å². The number of fused-ring (bicyclic) bond motifs is 1. The molecule has 0 saturated heterocycles. The summed E-state index contributed by atoms with van der Waals surface area (Å²) >= 11 is 7.70. The molecular formula is C24H24ClN3O2S. The highest BCUT2D eigenvalue weighted by molar-refractivity contribution is 7.21. The highest BCUT2D eigenvalue weighted by Crippen LogP contribution is 2.40. The Bertz CT molecular complexity index is 1170. The Hall–Kier alpha value is -2.96. The van der Waals surface area contributed by atoms with Gasteiger partial charge in [-0.25, -0.2) is 4.98 Å². The van der Waals surface area contributed by atoms with Crippen molar-refractivity contribution in [2.45, 2.75) is 20.8 Å². The molecule has 3 rings (SSSR count). The van der Waals surface area contributed by atoms with Crippen LogP contribution in [0.1, 0.15) is 36.9 Å². The van der Waals surface area contributed by atoms with E-state index in [0.29, 0.717) is 50.2 Å². The number of anilines is 1. The van der Waals surface area contributed by atoms with Crippen molar-refractivity contribution in [3.63, 3.8) is 0 Å². The van der Waals surface area contributed by atoms with Gasteiger partial charge in [0.2, 0.25) is 0 Å². The van der Waals surface area contributed by atoms with Crippen LogP contribution in [0.2, 0.25) is 5.02 Å². The second-order valence-corrected chi connectivity index (χ2v) is 8.61. The number of thiophene rings is 1. The molecule has 0 bridgehead atoms.